The van der Waals surface area contributed by atoms with Gasteiger partial charge in [0.2, 0.25) is 5.91 Å². The van der Waals surface area contributed by atoms with Crippen molar-refractivity contribution < 1.29 is 19.4 Å². The molecule has 0 aliphatic rings. The van der Waals surface area contributed by atoms with Crippen LogP contribution in [0.15, 0.2) is 60.8 Å². The monoisotopic (exact) mass is 472 g/mol. The van der Waals surface area contributed by atoms with Crippen LogP contribution in [0.5, 0.6) is 0 Å². The highest BCUT2D eigenvalue weighted by molar-refractivity contribution is 6.37. The predicted molar refractivity (Wildman–Crippen MR) is 125 cm³/mol. The topological polar surface area (TPSA) is 80.6 Å². The Hall–Kier alpha value is -3.06. The summed E-state index contributed by atoms with van der Waals surface area (Å²) in [4.78, 5) is 24.0. The molecule has 2 N–H and O–H groups in total. The molecule has 3 rings (SSSR count). The van der Waals surface area contributed by atoms with Crippen molar-refractivity contribution >= 4 is 41.2 Å². The molecule has 0 fully saturated rings. The van der Waals surface area contributed by atoms with Gasteiger partial charge in [0.25, 0.3) is 0 Å². The van der Waals surface area contributed by atoms with Crippen molar-refractivity contribution in [3.05, 3.63) is 93.2 Å². The Morgan fingerprint density at radius 2 is 1.88 bits per heavy atom. The Labute approximate surface area is 196 Å². The maximum atomic E-state index is 12.3. The van der Waals surface area contributed by atoms with E-state index in [4.69, 9.17) is 27.9 Å². The van der Waals surface area contributed by atoms with Gasteiger partial charge in [0.1, 0.15) is 0 Å². The molecule has 1 heterocycles. The van der Waals surface area contributed by atoms with Gasteiger partial charge in [-0.1, -0.05) is 35.3 Å². The van der Waals surface area contributed by atoms with Gasteiger partial charge in [-0.15, -0.1) is 0 Å². The molecule has 0 atom stereocenters. The van der Waals surface area contributed by atoms with E-state index in [1.807, 2.05) is 22.9 Å². The van der Waals surface area contributed by atoms with Gasteiger partial charge < -0.3 is 19.7 Å². The summed E-state index contributed by atoms with van der Waals surface area (Å²) < 4.78 is 6.78. The zero-order valence-electron chi connectivity index (χ0n) is 17.3. The zero-order valence-corrected chi connectivity index (χ0v) is 18.9. The lowest BCUT2D eigenvalue weighted by atomic mass is 10.1. The van der Waals surface area contributed by atoms with E-state index in [1.54, 1.807) is 49.4 Å². The SMILES string of the molecule is CCOC(=O)c1ccc(C=CC(=O)NCc2cccn2-c2ccc(Cl)c(CO)c2Cl)cc1. The molecule has 166 valence electrons. The Morgan fingerprint density at radius 1 is 1.12 bits per heavy atom. The maximum absolute atomic E-state index is 12.3. The molecule has 0 aliphatic heterocycles. The third-order valence-corrected chi connectivity index (χ3v) is 5.49. The van der Waals surface area contributed by atoms with Crippen LogP contribution in [0.3, 0.4) is 0 Å². The molecule has 0 saturated heterocycles. The Kier molecular flexibility index (Phi) is 8.11. The van der Waals surface area contributed by atoms with Gasteiger partial charge in [-0.2, -0.15) is 0 Å². The first-order valence-corrected chi connectivity index (χ1v) is 10.7. The molecule has 1 aromatic heterocycles. The van der Waals surface area contributed by atoms with Gasteiger partial charge in [0.05, 0.1) is 36.0 Å². The number of nitrogens with zero attached hydrogens (tertiary/aromatic N) is 1. The van der Waals surface area contributed by atoms with Gasteiger partial charge >= 0.3 is 5.97 Å². The van der Waals surface area contributed by atoms with Crippen LogP contribution in [0.4, 0.5) is 0 Å². The van der Waals surface area contributed by atoms with Crippen LogP contribution in [0, 0.1) is 0 Å². The van der Waals surface area contributed by atoms with E-state index < -0.39 is 0 Å². The van der Waals surface area contributed by atoms with E-state index in [0.717, 1.165) is 11.3 Å². The van der Waals surface area contributed by atoms with Crippen molar-refractivity contribution in [2.45, 2.75) is 20.1 Å². The van der Waals surface area contributed by atoms with Crippen LogP contribution in [0.25, 0.3) is 11.8 Å². The number of halogens is 2. The lowest BCUT2D eigenvalue weighted by Gasteiger charge is -2.14. The largest absolute Gasteiger partial charge is 0.462 e. The number of aliphatic hydroxyl groups excluding tert-OH is 1. The Morgan fingerprint density at radius 3 is 2.56 bits per heavy atom. The minimum absolute atomic E-state index is 0.269. The number of rotatable bonds is 8. The van der Waals surface area contributed by atoms with E-state index >= 15 is 0 Å². The molecule has 0 aliphatic carbocycles. The third-order valence-electron chi connectivity index (χ3n) is 4.71. The molecule has 0 bridgehead atoms. The van der Waals surface area contributed by atoms with Crippen molar-refractivity contribution in [1.29, 1.82) is 0 Å². The molecule has 0 radical (unpaired) electrons. The van der Waals surface area contributed by atoms with E-state index in [-0.39, 0.29) is 25.0 Å². The molecule has 32 heavy (non-hydrogen) atoms. The maximum Gasteiger partial charge on any atom is 0.338 e. The number of carbonyl (C=O) groups is 2. The van der Waals surface area contributed by atoms with Gasteiger partial charge in [0, 0.05) is 28.6 Å². The molecule has 3 aromatic rings. The smallest absolute Gasteiger partial charge is 0.338 e. The van der Waals surface area contributed by atoms with Crippen LogP contribution in [0.1, 0.15) is 34.1 Å². The summed E-state index contributed by atoms with van der Waals surface area (Å²) in [6, 6.07) is 13.9. The number of amides is 1. The van der Waals surface area contributed by atoms with Gasteiger partial charge in [-0.05, 0) is 55.0 Å². The van der Waals surface area contributed by atoms with Crippen LogP contribution in [0.2, 0.25) is 10.0 Å². The summed E-state index contributed by atoms with van der Waals surface area (Å²) in [6.07, 6.45) is 4.90. The van der Waals surface area contributed by atoms with Crippen LogP contribution in [-0.4, -0.2) is 28.2 Å². The summed E-state index contributed by atoms with van der Waals surface area (Å²) >= 11 is 12.5. The van der Waals surface area contributed by atoms with Crippen molar-refractivity contribution in [3.63, 3.8) is 0 Å². The average Bonchev–Trinajstić information content (AvgIpc) is 3.25. The summed E-state index contributed by atoms with van der Waals surface area (Å²) in [5.74, 6) is -0.652. The van der Waals surface area contributed by atoms with Crippen molar-refractivity contribution in [2.75, 3.05) is 6.61 Å². The van der Waals surface area contributed by atoms with E-state index in [1.165, 1.54) is 6.08 Å². The number of ether oxygens (including phenoxy) is 1. The number of hydrogen-bond donors (Lipinski definition) is 2. The highest BCUT2D eigenvalue weighted by Gasteiger charge is 2.13. The fourth-order valence-corrected chi connectivity index (χ4v) is 3.65. The van der Waals surface area contributed by atoms with Gasteiger partial charge in [-0.3, -0.25) is 4.79 Å². The van der Waals surface area contributed by atoms with Crippen LogP contribution >= 0.6 is 23.2 Å². The first-order valence-electron chi connectivity index (χ1n) is 9.92. The Bertz CT molecular complexity index is 1140. The summed E-state index contributed by atoms with van der Waals surface area (Å²) in [7, 11) is 0. The summed E-state index contributed by atoms with van der Waals surface area (Å²) in [6.45, 7) is 2.06. The second kappa shape index (κ2) is 11.0. The molecule has 2 aromatic carbocycles. The van der Waals surface area contributed by atoms with E-state index in [2.05, 4.69) is 5.32 Å². The standard InChI is InChI=1S/C24H22Cl2N2O4/c1-2-32-24(31)17-8-5-16(6-9-17)7-12-22(30)27-14-18-4-3-13-28(18)21-11-10-20(25)19(15-29)23(21)26/h3-13,29H,2,14-15H2,1H3,(H,27,30). The predicted octanol–water partition coefficient (Wildman–Crippen LogP) is 4.78. The highest BCUT2D eigenvalue weighted by Crippen LogP contribution is 2.31. The van der Waals surface area contributed by atoms with Gasteiger partial charge in [-0.25, -0.2) is 4.79 Å². The average molecular weight is 473 g/mol. The minimum Gasteiger partial charge on any atom is -0.462 e. The number of esters is 1. The molecular weight excluding hydrogens is 451 g/mol. The second-order valence-electron chi connectivity index (χ2n) is 6.78. The number of carbonyl (C=O) groups excluding carboxylic acids is 2. The molecule has 8 heteroatoms. The summed E-state index contributed by atoms with van der Waals surface area (Å²) in [5, 5.41) is 13.1. The molecule has 0 spiro atoms. The highest BCUT2D eigenvalue weighted by atomic mass is 35.5. The van der Waals surface area contributed by atoms with E-state index in [9.17, 15) is 14.7 Å². The van der Waals surface area contributed by atoms with Gasteiger partial charge in [0.15, 0.2) is 0 Å². The lowest BCUT2D eigenvalue weighted by molar-refractivity contribution is -0.116. The number of hydrogen-bond acceptors (Lipinski definition) is 4. The van der Waals surface area contributed by atoms with Crippen LogP contribution < -0.4 is 5.32 Å². The van der Waals surface area contributed by atoms with Crippen molar-refractivity contribution in [1.82, 2.24) is 9.88 Å². The number of nitrogens with one attached hydrogen (secondary N) is 1. The zero-order chi connectivity index (χ0) is 23.1. The molecule has 6 nitrogen and oxygen atoms in total. The number of aliphatic hydroxyl groups is 1. The number of aromatic nitrogens is 1. The fourth-order valence-electron chi connectivity index (χ4n) is 3.06. The van der Waals surface area contributed by atoms with Crippen molar-refractivity contribution in [2.24, 2.45) is 0 Å². The first-order chi connectivity index (χ1) is 15.4. The molecular formula is C24H22Cl2N2O4. The summed E-state index contributed by atoms with van der Waals surface area (Å²) in [5.41, 5.74) is 3.15. The minimum atomic E-state index is -0.379. The van der Waals surface area contributed by atoms with Crippen LogP contribution in [-0.2, 0) is 22.7 Å². The fraction of sp³-hybridized carbons (Fsp3) is 0.167. The number of benzene rings is 2. The Balaban J connectivity index is 1.64. The molecule has 0 unspecified atom stereocenters. The third kappa shape index (κ3) is 5.59. The van der Waals surface area contributed by atoms with E-state index in [0.29, 0.717) is 33.5 Å². The molecule has 0 saturated carbocycles. The second-order valence-corrected chi connectivity index (χ2v) is 7.57. The molecule has 1 amide bonds. The normalized spacial score (nSPS) is 11.0. The lowest BCUT2D eigenvalue weighted by Crippen LogP contribution is -2.21. The van der Waals surface area contributed by atoms with Crippen molar-refractivity contribution in [3.8, 4) is 5.69 Å². The first kappa shape index (κ1) is 23.6. The quantitative estimate of drug-likeness (QED) is 0.365.